The number of ketones is 1. The Hall–Kier alpha value is -1.63. The number of aliphatic hydroxyl groups excluding tert-OH is 2. The van der Waals surface area contributed by atoms with Crippen molar-refractivity contribution in [2.24, 2.45) is 11.8 Å². The number of likely N-dealkylation sites (tertiary alicyclic amines) is 2. The van der Waals surface area contributed by atoms with Gasteiger partial charge in [-0.25, -0.2) is 0 Å². The van der Waals surface area contributed by atoms with E-state index in [0.717, 1.165) is 154 Å². The molecular weight excluding hydrogens is 747 g/mol. The molecule has 2 atom stereocenters. The minimum absolute atomic E-state index is 0.209. The molecule has 0 aliphatic carbocycles. The molecule has 2 saturated heterocycles. The summed E-state index contributed by atoms with van der Waals surface area (Å²) in [6.07, 6.45) is 9.65. The van der Waals surface area contributed by atoms with E-state index in [1.54, 1.807) is 0 Å². The molecule has 316 valence electrons. The van der Waals surface area contributed by atoms with Gasteiger partial charge in [-0.05, 0) is 164 Å². The number of hydrogen-bond donors (Lipinski definition) is 2. The molecule has 2 heterocycles. The molecule has 2 aromatic carbocycles. The lowest BCUT2D eigenvalue weighted by molar-refractivity contribution is -0.131. The number of nitrogens with zero attached hydrogens (tertiary/aromatic N) is 4. The Bertz CT molecular complexity index is 1220. The summed E-state index contributed by atoms with van der Waals surface area (Å²) in [5, 5.41) is 19.9. The van der Waals surface area contributed by atoms with Crippen molar-refractivity contribution >= 4 is 29.0 Å². The molecule has 0 saturated carbocycles. The smallest absolute Gasteiger partial charge is 0.167 e. The van der Waals surface area contributed by atoms with Crippen LogP contribution in [0, 0.1) is 11.8 Å². The molecule has 0 spiro atoms. The van der Waals surface area contributed by atoms with Crippen LogP contribution in [0.25, 0.3) is 0 Å². The zero-order valence-corrected chi connectivity index (χ0v) is 36.0. The summed E-state index contributed by atoms with van der Waals surface area (Å²) in [7, 11) is 0. The van der Waals surface area contributed by atoms with Crippen LogP contribution in [0.5, 0.6) is 0 Å². The van der Waals surface area contributed by atoms with Gasteiger partial charge in [0.15, 0.2) is 5.78 Å². The minimum atomic E-state index is -0.224. The Kier molecular flexibility index (Phi) is 22.8. The van der Waals surface area contributed by atoms with Gasteiger partial charge in [0.2, 0.25) is 0 Å². The van der Waals surface area contributed by atoms with Gasteiger partial charge in [0.1, 0.15) is 0 Å². The number of rotatable bonds is 28. The summed E-state index contributed by atoms with van der Waals surface area (Å²) in [4.78, 5) is 24.6. The maximum atomic E-state index is 15.1. The van der Waals surface area contributed by atoms with Gasteiger partial charge in [-0.1, -0.05) is 61.3 Å². The van der Waals surface area contributed by atoms with Crippen molar-refractivity contribution in [3.05, 3.63) is 69.7 Å². The second kappa shape index (κ2) is 27.2. The molecule has 4 rings (SSSR count). The minimum Gasteiger partial charge on any atom is -0.395 e. The lowest BCUT2D eigenvalue weighted by Gasteiger charge is -2.42. The number of aliphatic hydroxyl groups is 2. The highest BCUT2D eigenvalue weighted by molar-refractivity contribution is 6.30. The fourth-order valence-corrected chi connectivity index (χ4v) is 8.56. The van der Waals surface area contributed by atoms with Crippen LogP contribution in [0.1, 0.15) is 76.3 Å². The first kappa shape index (κ1) is 47.1. The van der Waals surface area contributed by atoms with E-state index in [9.17, 15) is 10.2 Å². The highest BCUT2D eigenvalue weighted by Crippen LogP contribution is 2.27. The summed E-state index contributed by atoms with van der Waals surface area (Å²) < 4.78 is 12.3. The van der Waals surface area contributed by atoms with Crippen LogP contribution in [0.2, 0.25) is 10.0 Å². The summed E-state index contributed by atoms with van der Waals surface area (Å²) >= 11 is 12.6. The summed E-state index contributed by atoms with van der Waals surface area (Å²) in [6.45, 7) is 16.7. The zero-order valence-electron chi connectivity index (χ0n) is 34.5. The van der Waals surface area contributed by atoms with Crippen LogP contribution >= 0.6 is 23.2 Å². The molecule has 9 nitrogen and oxygen atoms in total. The predicted octanol–water partition coefficient (Wildman–Crippen LogP) is 6.73. The molecule has 2 aliphatic heterocycles. The zero-order chi connectivity index (χ0) is 40.0. The molecule has 0 aromatic heterocycles. The maximum absolute atomic E-state index is 15.1. The average Bonchev–Trinajstić information content (AvgIpc) is 3.22. The molecule has 0 bridgehead atoms. The summed E-state index contributed by atoms with van der Waals surface area (Å²) in [5.41, 5.74) is 2.27. The van der Waals surface area contributed by atoms with E-state index in [2.05, 4.69) is 57.7 Å². The van der Waals surface area contributed by atoms with Crippen LogP contribution in [0.15, 0.2) is 48.5 Å². The van der Waals surface area contributed by atoms with E-state index in [-0.39, 0.29) is 25.3 Å². The molecule has 2 aromatic rings. The average molecular weight is 820 g/mol. The lowest BCUT2D eigenvalue weighted by Crippen LogP contribution is -2.56. The summed E-state index contributed by atoms with van der Waals surface area (Å²) in [5.74, 6) is 1.31. The Labute approximate surface area is 348 Å². The number of ether oxygens (including phenoxy) is 2. The third-order valence-corrected chi connectivity index (χ3v) is 12.5. The van der Waals surface area contributed by atoms with Crippen LogP contribution in [-0.4, -0.2) is 153 Å². The fraction of sp³-hybridized carbons (Fsp3) is 0.711. The quantitative estimate of drug-likeness (QED) is 0.0909. The molecule has 2 aliphatic rings. The normalized spacial score (nSPS) is 17.6. The number of benzene rings is 2. The van der Waals surface area contributed by atoms with Crippen molar-refractivity contribution in [2.45, 2.75) is 90.1 Å². The Morgan fingerprint density at radius 3 is 1.36 bits per heavy atom. The molecule has 56 heavy (non-hydrogen) atoms. The van der Waals surface area contributed by atoms with E-state index in [0.29, 0.717) is 40.5 Å². The third-order valence-electron chi connectivity index (χ3n) is 12.0. The largest absolute Gasteiger partial charge is 0.395 e. The van der Waals surface area contributed by atoms with Gasteiger partial charge < -0.3 is 29.5 Å². The van der Waals surface area contributed by atoms with E-state index in [4.69, 9.17) is 32.7 Å². The Morgan fingerprint density at radius 1 is 0.643 bits per heavy atom. The Morgan fingerprint density at radius 2 is 1.02 bits per heavy atom. The van der Waals surface area contributed by atoms with Crippen LogP contribution in [-0.2, 0) is 27.1 Å². The van der Waals surface area contributed by atoms with Crippen LogP contribution in [0.3, 0.4) is 0 Å². The van der Waals surface area contributed by atoms with Crippen molar-refractivity contribution in [1.82, 2.24) is 19.6 Å². The first-order valence-electron chi connectivity index (χ1n) is 21.7. The molecule has 2 unspecified atom stereocenters. The molecule has 0 amide bonds. The highest BCUT2D eigenvalue weighted by atomic mass is 35.5. The van der Waals surface area contributed by atoms with E-state index >= 15 is 4.79 Å². The lowest BCUT2D eigenvalue weighted by atomic mass is 9.87. The van der Waals surface area contributed by atoms with Crippen molar-refractivity contribution < 1.29 is 24.5 Å². The number of carbonyl (C=O) groups is 1. The van der Waals surface area contributed by atoms with Crippen molar-refractivity contribution in [3.8, 4) is 0 Å². The predicted molar refractivity (Wildman–Crippen MR) is 230 cm³/mol. The number of unbranched alkanes of at least 4 members (excludes halogenated alkanes) is 2. The number of piperidine rings is 2. The van der Waals surface area contributed by atoms with Crippen molar-refractivity contribution in [3.63, 3.8) is 0 Å². The van der Waals surface area contributed by atoms with Gasteiger partial charge in [0.25, 0.3) is 0 Å². The number of Topliss-reactive ketones (excluding diaryl/α,β-unsaturated/α-hetero) is 1. The van der Waals surface area contributed by atoms with Crippen molar-refractivity contribution in [2.75, 3.05) is 105 Å². The monoisotopic (exact) mass is 818 g/mol. The third kappa shape index (κ3) is 16.9. The van der Waals surface area contributed by atoms with Gasteiger partial charge >= 0.3 is 0 Å². The van der Waals surface area contributed by atoms with Gasteiger partial charge in [0.05, 0.1) is 25.3 Å². The molecule has 2 N–H and O–H groups in total. The number of likely N-dealkylation sites (N-methyl/N-ethyl adjacent to an activating group) is 2. The Balaban J connectivity index is 1.35. The van der Waals surface area contributed by atoms with Crippen LogP contribution < -0.4 is 0 Å². The molecule has 0 radical (unpaired) electrons. The SMILES string of the molecule is CCN(CCO)CCCCOCC1CCN(C(Cc2ccc(Cl)cc2)C(=O)C(Cc2ccc(Cl)cc2)N2CCC(COCCCCN(CC)CCO)CC2)CC1. The number of hydrogen-bond acceptors (Lipinski definition) is 9. The summed E-state index contributed by atoms with van der Waals surface area (Å²) in [6, 6.07) is 15.6. The van der Waals surface area contributed by atoms with E-state index in [1.165, 1.54) is 0 Å². The highest BCUT2D eigenvalue weighted by Gasteiger charge is 2.38. The van der Waals surface area contributed by atoms with Crippen LogP contribution in [0.4, 0.5) is 0 Å². The standard InChI is InChI=1S/C45H72Cl2N4O5/c1-3-48(27-29-52)21-5-7-31-55-35-39-17-23-50(24-18-39)43(33-37-9-13-41(46)14-10-37)45(54)44(34-38-11-15-42(47)16-12-38)51-25-19-40(20-26-51)36-56-32-8-6-22-49(4-2)28-30-53/h9-16,39-40,43-44,52-53H,3-8,17-36H2,1-2H3. The maximum Gasteiger partial charge on any atom is 0.167 e. The molecule has 11 heteroatoms. The second-order valence-electron chi connectivity index (χ2n) is 15.9. The first-order chi connectivity index (χ1) is 27.3. The second-order valence-corrected chi connectivity index (χ2v) is 16.8. The van der Waals surface area contributed by atoms with Gasteiger partial charge in [-0.15, -0.1) is 0 Å². The van der Waals surface area contributed by atoms with E-state index in [1.807, 2.05) is 24.3 Å². The topological polar surface area (TPSA) is 89.0 Å². The van der Waals surface area contributed by atoms with Gasteiger partial charge in [-0.2, -0.15) is 0 Å². The van der Waals surface area contributed by atoms with Gasteiger partial charge in [0, 0.05) is 49.6 Å². The van der Waals surface area contributed by atoms with Crippen molar-refractivity contribution in [1.29, 1.82) is 0 Å². The number of halogens is 2. The fourth-order valence-electron chi connectivity index (χ4n) is 8.31. The molecule has 2 fully saturated rings. The van der Waals surface area contributed by atoms with Gasteiger partial charge in [-0.3, -0.25) is 14.6 Å². The first-order valence-corrected chi connectivity index (χ1v) is 22.4. The molecular formula is C45H72Cl2N4O5. The van der Waals surface area contributed by atoms with E-state index < -0.39 is 0 Å². The number of carbonyl (C=O) groups excluding carboxylic acids is 1.